The van der Waals surface area contributed by atoms with Gasteiger partial charge in [-0.25, -0.2) is 0 Å². The van der Waals surface area contributed by atoms with Crippen molar-refractivity contribution < 1.29 is 20.4 Å². The van der Waals surface area contributed by atoms with E-state index in [-0.39, 0.29) is 48.7 Å². The lowest BCUT2D eigenvalue weighted by atomic mass is 9.86. The molecule has 0 aromatic heterocycles. The third-order valence-corrected chi connectivity index (χ3v) is 9.70. The van der Waals surface area contributed by atoms with Crippen LogP contribution in [0.25, 0.3) is 0 Å². The minimum Gasteiger partial charge on any atom is -0.507 e. The van der Waals surface area contributed by atoms with E-state index in [0.29, 0.717) is 54.6 Å². The molecule has 0 fully saturated rings. The van der Waals surface area contributed by atoms with Gasteiger partial charge in [0.1, 0.15) is 23.0 Å². The number of halogens is 2. The predicted molar refractivity (Wildman–Crippen MR) is 162 cm³/mol. The standard InChI is InChI=1S/C34H34Cl2O4/c1-15-7-21-11-25-17(3)29(35)19(5)27(33(25)39)13-23-9-16(2)10-24(32(23)38)14-28-20(6)30(36)18(4)26(34(28)40)12-22(8-15)31(21)37/h7-10,37-40H,11-14H2,1-6H3. The lowest BCUT2D eigenvalue weighted by Crippen LogP contribution is -2.06. The number of hydrogen-bond donors (Lipinski definition) is 4. The van der Waals surface area contributed by atoms with Crippen LogP contribution in [0.1, 0.15) is 77.9 Å². The van der Waals surface area contributed by atoms with E-state index in [2.05, 4.69) is 0 Å². The molecule has 40 heavy (non-hydrogen) atoms. The molecule has 4 nitrogen and oxygen atoms in total. The molecule has 6 heteroatoms. The first-order valence-corrected chi connectivity index (χ1v) is 14.2. The number of phenols is 4. The molecule has 0 aliphatic heterocycles. The maximum absolute atomic E-state index is 11.6. The Morgan fingerprint density at radius 1 is 0.425 bits per heavy atom. The molecule has 0 saturated carbocycles. The van der Waals surface area contributed by atoms with Crippen LogP contribution in [0.3, 0.4) is 0 Å². The molecular weight excluding hydrogens is 543 g/mol. The second kappa shape index (κ2) is 10.2. The topological polar surface area (TPSA) is 80.9 Å². The van der Waals surface area contributed by atoms with Crippen LogP contribution < -0.4 is 0 Å². The summed E-state index contributed by atoms with van der Waals surface area (Å²) >= 11 is 13.6. The van der Waals surface area contributed by atoms with Crippen molar-refractivity contribution in [3.63, 3.8) is 0 Å². The summed E-state index contributed by atoms with van der Waals surface area (Å²) in [6.07, 6.45) is 1.06. The zero-order valence-corrected chi connectivity index (χ0v) is 25.2. The Kier molecular flexibility index (Phi) is 7.22. The van der Waals surface area contributed by atoms with Crippen molar-refractivity contribution in [1.29, 1.82) is 0 Å². The molecule has 208 valence electrons. The first kappa shape index (κ1) is 28.2. The fourth-order valence-corrected chi connectivity index (χ4v) is 6.66. The molecule has 4 N–H and O–H groups in total. The van der Waals surface area contributed by atoms with Crippen LogP contribution in [0.5, 0.6) is 23.0 Å². The van der Waals surface area contributed by atoms with Gasteiger partial charge in [-0.05, 0) is 86.1 Å². The molecule has 1 aliphatic rings. The maximum Gasteiger partial charge on any atom is 0.123 e. The normalized spacial score (nSPS) is 13.0. The molecule has 0 amide bonds. The van der Waals surface area contributed by atoms with Gasteiger partial charge in [-0.15, -0.1) is 0 Å². The van der Waals surface area contributed by atoms with E-state index in [9.17, 15) is 20.4 Å². The van der Waals surface area contributed by atoms with Crippen molar-refractivity contribution in [3.05, 3.63) is 112 Å². The van der Waals surface area contributed by atoms with Crippen LogP contribution in [0.4, 0.5) is 0 Å². The maximum atomic E-state index is 11.6. The highest BCUT2D eigenvalue weighted by molar-refractivity contribution is 6.32. The summed E-state index contributed by atoms with van der Waals surface area (Å²) in [5.41, 5.74) is 10.1. The summed E-state index contributed by atoms with van der Waals surface area (Å²) < 4.78 is 0. The minimum absolute atomic E-state index is 0.116. The largest absolute Gasteiger partial charge is 0.507 e. The molecule has 0 radical (unpaired) electrons. The van der Waals surface area contributed by atoms with Gasteiger partial charge < -0.3 is 20.4 Å². The molecule has 0 atom stereocenters. The van der Waals surface area contributed by atoms with E-state index in [0.717, 1.165) is 33.4 Å². The lowest BCUT2D eigenvalue weighted by molar-refractivity contribution is 0.449. The average molecular weight is 578 g/mol. The quantitative estimate of drug-likeness (QED) is 0.149. The molecule has 8 bridgehead atoms. The summed E-state index contributed by atoms with van der Waals surface area (Å²) in [4.78, 5) is 0. The predicted octanol–water partition coefficient (Wildman–Crippen LogP) is 8.34. The number of aryl methyl sites for hydroxylation is 2. The molecule has 0 heterocycles. The minimum atomic E-state index is 0.116. The van der Waals surface area contributed by atoms with Gasteiger partial charge in [-0.2, -0.15) is 0 Å². The Labute approximate surface area is 245 Å². The first-order chi connectivity index (χ1) is 18.8. The highest BCUT2D eigenvalue weighted by atomic mass is 35.5. The van der Waals surface area contributed by atoms with Gasteiger partial charge in [0.05, 0.1) is 0 Å². The second-order valence-electron chi connectivity index (χ2n) is 11.3. The molecular formula is C34H34Cl2O4. The Hall–Kier alpha value is -3.34. The van der Waals surface area contributed by atoms with E-state index >= 15 is 0 Å². The van der Waals surface area contributed by atoms with Gasteiger partial charge in [0.2, 0.25) is 0 Å². The number of fused-ring (bicyclic) bond motifs is 8. The van der Waals surface area contributed by atoms with E-state index < -0.39 is 0 Å². The van der Waals surface area contributed by atoms with Gasteiger partial charge in [0.15, 0.2) is 0 Å². The molecule has 0 unspecified atom stereocenters. The van der Waals surface area contributed by atoms with Crippen LogP contribution in [-0.2, 0) is 25.7 Å². The molecule has 4 aromatic carbocycles. The van der Waals surface area contributed by atoms with Crippen molar-refractivity contribution in [2.75, 3.05) is 0 Å². The molecule has 0 spiro atoms. The van der Waals surface area contributed by atoms with Crippen LogP contribution in [0.15, 0.2) is 24.3 Å². The summed E-state index contributed by atoms with van der Waals surface area (Å²) in [6.45, 7) is 11.4. The Bertz CT molecular complexity index is 1480. The number of rotatable bonds is 0. The van der Waals surface area contributed by atoms with Crippen LogP contribution in [0, 0.1) is 41.5 Å². The van der Waals surface area contributed by atoms with Crippen LogP contribution in [0.2, 0.25) is 10.0 Å². The Morgan fingerprint density at radius 2 is 0.650 bits per heavy atom. The summed E-state index contributed by atoms with van der Waals surface area (Å²) in [6, 6.07) is 7.64. The van der Waals surface area contributed by atoms with Gasteiger partial charge in [-0.1, -0.05) is 58.6 Å². The van der Waals surface area contributed by atoms with E-state index in [1.54, 1.807) is 0 Å². The Balaban J connectivity index is 1.87. The fraction of sp³-hybridized carbons (Fsp3) is 0.294. The third kappa shape index (κ3) is 4.57. The van der Waals surface area contributed by atoms with Crippen LogP contribution >= 0.6 is 23.2 Å². The average Bonchev–Trinajstić information content (AvgIpc) is 2.91. The van der Waals surface area contributed by atoms with Gasteiger partial charge in [0, 0.05) is 58.0 Å². The van der Waals surface area contributed by atoms with Crippen molar-refractivity contribution in [2.24, 2.45) is 0 Å². The van der Waals surface area contributed by atoms with Crippen molar-refractivity contribution in [1.82, 2.24) is 0 Å². The van der Waals surface area contributed by atoms with Crippen LogP contribution in [-0.4, -0.2) is 20.4 Å². The van der Waals surface area contributed by atoms with Gasteiger partial charge in [-0.3, -0.25) is 0 Å². The Morgan fingerprint density at radius 3 is 0.875 bits per heavy atom. The zero-order chi connectivity index (χ0) is 29.2. The zero-order valence-electron chi connectivity index (χ0n) is 23.7. The molecule has 4 aromatic rings. The summed E-state index contributed by atoms with van der Waals surface area (Å²) in [7, 11) is 0. The van der Waals surface area contributed by atoms with E-state index in [1.165, 1.54) is 0 Å². The third-order valence-electron chi connectivity index (χ3n) is 8.56. The number of hydrogen-bond acceptors (Lipinski definition) is 4. The fourth-order valence-electron chi connectivity index (χ4n) is 6.20. The van der Waals surface area contributed by atoms with Crippen molar-refractivity contribution in [2.45, 2.75) is 67.2 Å². The smallest absolute Gasteiger partial charge is 0.123 e. The van der Waals surface area contributed by atoms with Crippen molar-refractivity contribution in [3.8, 4) is 23.0 Å². The molecule has 5 rings (SSSR count). The number of aromatic hydroxyl groups is 4. The lowest BCUT2D eigenvalue weighted by Gasteiger charge is -2.23. The monoisotopic (exact) mass is 576 g/mol. The number of phenolic OH excluding ortho intramolecular Hbond substituents is 4. The summed E-state index contributed by atoms with van der Waals surface area (Å²) in [5, 5.41) is 47.3. The van der Waals surface area contributed by atoms with E-state index in [4.69, 9.17) is 23.2 Å². The van der Waals surface area contributed by atoms with Crippen molar-refractivity contribution >= 4 is 23.2 Å². The summed E-state index contributed by atoms with van der Waals surface area (Å²) in [5.74, 6) is 0.478. The molecule has 1 aliphatic carbocycles. The van der Waals surface area contributed by atoms with Gasteiger partial charge >= 0.3 is 0 Å². The highest BCUT2D eigenvalue weighted by Crippen LogP contribution is 2.44. The van der Waals surface area contributed by atoms with Gasteiger partial charge in [0.25, 0.3) is 0 Å². The second-order valence-corrected chi connectivity index (χ2v) is 12.1. The van der Waals surface area contributed by atoms with E-state index in [1.807, 2.05) is 65.8 Å². The first-order valence-electron chi connectivity index (χ1n) is 13.4. The number of benzene rings is 4. The highest BCUT2D eigenvalue weighted by Gasteiger charge is 2.25. The SMILES string of the molecule is Cc1cc2c(O)c(c1)Cc1c(C)c(Cl)c(C)c(c1O)Cc1cc(C)cc(c1O)Cc1c(C)c(Cl)c(C)c(c1O)C2. The molecule has 0 saturated heterocycles.